The molecule has 0 aliphatic heterocycles. The molecule has 0 aliphatic rings. The van der Waals surface area contributed by atoms with Gasteiger partial charge in [-0.25, -0.2) is 0 Å². The van der Waals surface area contributed by atoms with Crippen LogP contribution in [0, 0.1) is 0 Å². The molecule has 0 aromatic carbocycles. The van der Waals surface area contributed by atoms with Crippen molar-refractivity contribution in [3.05, 3.63) is 12.2 Å². The number of aliphatic hydroxyl groups is 2. The largest absolute Gasteiger partial charge is 0.391 e. The Morgan fingerprint density at radius 1 is 0.510 bits per heavy atom. The van der Waals surface area contributed by atoms with Crippen molar-refractivity contribution in [2.75, 3.05) is 5.75 Å². The Hall–Kier alpha value is -0.960. The van der Waals surface area contributed by atoms with Gasteiger partial charge in [0, 0.05) is 0 Å². The molecule has 3 unspecified atom stereocenters. The Morgan fingerprint density at radius 2 is 0.824 bits per heavy atom. The first-order valence-corrected chi connectivity index (χ1v) is 23.6. The summed E-state index contributed by atoms with van der Waals surface area (Å²) in [6.07, 6.45) is 42.3. The summed E-state index contributed by atoms with van der Waals surface area (Å²) in [6.45, 7) is 4.52. The molecular weight excluding hydrogens is 659 g/mol. The fraction of sp³-hybridized carbons (Fsp3) is 0.930. The first kappa shape index (κ1) is 50.0. The maximum atomic E-state index is 12.6. The monoisotopic (exact) mass is 744 g/mol. The van der Waals surface area contributed by atoms with Gasteiger partial charge in [-0.3, -0.25) is 9.35 Å². The molecule has 3 atom stereocenters. The van der Waals surface area contributed by atoms with Crippen molar-refractivity contribution < 1.29 is 28.0 Å². The highest BCUT2D eigenvalue weighted by molar-refractivity contribution is 7.85. The summed E-state index contributed by atoms with van der Waals surface area (Å²) >= 11 is 0. The quantitative estimate of drug-likeness (QED) is 0.0281. The van der Waals surface area contributed by atoms with E-state index >= 15 is 0 Å². The van der Waals surface area contributed by atoms with E-state index in [1.165, 1.54) is 141 Å². The minimum absolute atomic E-state index is 0.286. The number of nitrogens with one attached hydrogen (secondary N) is 1. The number of unbranched alkanes of at least 4 members (excludes halogenated alkanes) is 29. The van der Waals surface area contributed by atoms with Crippen molar-refractivity contribution >= 4 is 16.0 Å². The topological polar surface area (TPSA) is 124 Å². The Kier molecular flexibility index (Phi) is 36.7. The molecule has 1 amide bonds. The van der Waals surface area contributed by atoms with Gasteiger partial charge in [0.05, 0.1) is 17.9 Å². The van der Waals surface area contributed by atoms with E-state index in [1.807, 2.05) is 0 Å². The van der Waals surface area contributed by atoms with Crippen LogP contribution in [0.5, 0.6) is 0 Å². The highest BCUT2D eigenvalue weighted by Gasteiger charge is 2.28. The number of allylic oxidation sites excluding steroid dienone is 2. The van der Waals surface area contributed by atoms with Gasteiger partial charge in [0.25, 0.3) is 10.1 Å². The van der Waals surface area contributed by atoms with Crippen LogP contribution in [-0.4, -0.2) is 53.1 Å². The molecule has 0 heterocycles. The lowest BCUT2D eigenvalue weighted by Crippen LogP contribution is -2.50. The van der Waals surface area contributed by atoms with Gasteiger partial charge >= 0.3 is 0 Å². The lowest BCUT2D eigenvalue weighted by Gasteiger charge is -2.24. The molecule has 0 saturated carbocycles. The van der Waals surface area contributed by atoms with Crippen LogP contribution in [0.2, 0.25) is 0 Å². The first-order chi connectivity index (χ1) is 24.7. The minimum Gasteiger partial charge on any atom is -0.391 e. The van der Waals surface area contributed by atoms with Gasteiger partial charge in [0.2, 0.25) is 5.91 Å². The number of rotatable bonds is 40. The Labute approximate surface area is 316 Å². The van der Waals surface area contributed by atoms with Crippen LogP contribution >= 0.6 is 0 Å². The molecule has 0 fully saturated rings. The summed E-state index contributed by atoms with van der Waals surface area (Å²) in [5.41, 5.74) is 0. The predicted molar refractivity (Wildman–Crippen MR) is 218 cm³/mol. The maximum absolute atomic E-state index is 12.6. The third-order valence-corrected chi connectivity index (χ3v) is 11.1. The Balaban J connectivity index is 3.94. The van der Waals surface area contributed by atoms with E-state index in [4.69, 9.17) is 0 Å². The predicted octanol–water partition coefficient (Wildman–Crippen LogP) is 11.9. The third-order valence-electron chi connectivity index (χ3n) is 10.3. The van der Waals surface area contributed by atoms with Crippen LogP contribution in [-0.2, 0) is 14.9 Å². The fourth-order valence-electron chi connectivity index (χ4n) is 6.93. The highest BCUT2D eigenvalue weighted by atomic mass is 32.2. The average molecular weight is 744 g/mol. The van der Waals surface area contributed by atoms with Crippen LogP contribution in [0.1, 0.15) is 232 Å². The molecule has 0 radical (unpaired) electrons. The zero-order valence-corrected chi connectivity index (χ0v) is 34.4. The molecule has 4 N–H and O–H groups in total. The normalized spacial score (nSPS) is 13.9. The van der Waals surface area contributed by atoms with Gasteiger partial charge in [-0.1, -0.05) is 206 Å². The van der Waals surface area contributed by atoms with E-state index in [2.05, 4.69) is 31.3 Å². The molecular formula is C43H85NO6S. The molecule has 0 aromatic heterocycles. The molecule has 0 saturated heterocycles. The minimum atomic E-state index is -4.41. The lowest BCUT2D eigenvalue weighted by molar-refractivity contribution is -0.131. The average Bonchev–Trinajstić information content (AvgIpc) is 3.09. The number of amides is 1. The summed E-state index contributed by atoms with van der Waals surface area (Å²) in [6, 6.07) is -1.15. The van der Waals surface area contributed by atoms with Crippen molar-refractivity contribution in [1.82, 2.24) is 5.32 Å². The smallest absolute Gasteiger partial charge is 0.266 e. The van der Waals surface area contributed by atoms with E-state index in [-0.39, 0.29) is 6.42 Å². The van der Waals surface area contributed by atoms with Gasteiger partial charge in [0.1, 0.15) is 6.10 Å². The van der Waals surface area contributed by atoms with Crippen LogP contribution in [0.3, 0.4) is 0 Å². The summed E-state index contributed by atoms with van der Waals surface area (Å²) in [5, 5.41) is 23.6. The molecule has 0 aliphatic carbocycles. The number of hydrogen-bond acceptors (Lipinski definition) is 5. The second kappa shape index (κ2) is 37.4. The molecule has 304 valence electrons. The zero-order valence-electron chi connectivity index (χ0n) is 33.6. The van der Waals surface area contributed by atoms with Crippen molar-refractivity contribution in [3.63, 3.8) is 0 Å². The number of hydrogen-bond donors (Lipinski definition) is 4. The SMILES string of the molecule is CCCCCCCCC/C=C\CCCCCCC(O)C(=O)NC(CS(=O)(=O)O)C(O)CCCCCCCCCCCCCCCCCCCCC. The highest BCUT2D eigenvalue weighted by Crippen LogP contribution is 2.17. The van der Waals surface area contributed by atoms with Gasteiger partial charge in [0.15, 0.2) is 0 Å². The maximum Gasteiger partial charge on any atom is 0.266 e. The second-order valence-electron chi connectivity index (χ2n) is 15.5. The summed E-state index contributed by atoms with van der Waals surface area (Å²) < 4.78 is 32.6. The molecule has 7 nitrogen and oxygen atoms in total. The molecule has 0 spiro atoms. The van der Waals surface area contributed by atoms with Gasteiger partial charge < -0.3 is 15.5 Å². The molecule has 0 aromatic rings. The Morgan fingerprint density at radius 3 is 1.18 bits per heavy atom. The van der Waals surface area contributed by atoms with Gasteiger partial charge in [-0.15, -0.1) is 0 Å². The van der Waals surface area contributed by atoms with Crippen molar-refractivity contribution in [2.24, 2.45) is 0 Å². The molecule has 0 bridgehead atoms. The van der Waals surface area contributed by atoms with Crippen LogP contribution < -0.4 is 5.32 Å². The van der Waals surface area contributed by atoms with E-state index in [1.54, 1.807) is 0 Å². The number of aliphatic hydroxyl groups excluding tert-OH is 2. The van der Waals surface area contributed by atoms with Crippen LogP contribution in [0.15, 0.2) is 12.2 Å². The summed E-state index contributed by atoms with van der Waals surface area (Å²) in [4.78, 5) is 12.6. The molecule has 8 heteroatoms. The van der Waals surface area contributed by atoms with E-state index < -0.39 is 40.0 Å². The van der Waals surface area contributed by atoms with Crippen LogP contribution in [0.25, 0.3) is 0 Å². The standard InChI is InChI=1S/C43H85NO6S/c1-3-5-7-9-11-13-15-17-19-20-21-22-24-25-27-29-31-33-35-37-41(45)40(39-51(48,49)50)44-43(47)42(46)38-36-34-32-30-28-26-23-18-16-14-12-10-8-6-4-2/h23,26,40-42,45-46H,3-22,24-25,27-39H2,1-2H3,(H,44,47)(H,48,49,50)/b26-23-. The van der Waals surface area contributed by atoms with E-state index in [0.29, 0.717) is 19.3 Å². The second-order valence-corrected chi connectivity index (χ2v) is 17.0. The molecule has 51 heavy (non-hydrogen) atoms. The summed E-state index contributed by atoms with van der Waals surface area (Å²) in [7, 11) is -4.41. The summed E-state index contributed by atoms with van der Waals surface area (Å²) in [5.74, 6) is -1.46. The fourth-order valence-corrected chi connectivity index (χ4v) is 7.69. The van der Waals surface area contributed by atoms with Gasteiger partial charge in [-0.2, -0.15) is 8.42 Å². The number of carbonyl (C=O) groups is 1. The van der Waals surface area contributed by atoms with E-state index in [9.17, 15) is 28.0 Å². The van der Waals surface area contributed by atoms with Crippen LogP contribution in [0.4, 0.5) is 0 Å². The van der Waals surface area contributed by atoms with Crippen molar-refractivity contribution in [1.29, 1.82) is 0 Å². The van der Waals surface area contributed by atoms with Crippen molar-refractivity contribution in [2.45, 2.75) is 250 Å². The van der Waals surface area contributed by atoms with Gasteiger partial charge in [-0.05, 0) is 38.5 Å². The zero-order chi connectivity index (χ0) is 37.7. The van der Waals surface area contributed by atoms with E-state index in [0.717, 1.165) is 51.4 Å². The first-order valence-electron chi connectivity index (χ1n) is 22.0. The Bertz CT molecular complexity index is 880. The third kappa shape index (κ3) is 37.2. The molecule has 0 rings (SSSR count). The lowest BCUT2D eigenvalue weighted by atomic mass is 10.0. The van der Waals surface area contributed by atoms with Crippen molar-refractivity contribution in [3.8, 4) is 0 Å². The number of carbonyl (C=O) groups excluding carboxylic acids is 1.